The van der Waals surface area contributed by atoms with Gasteiger partial charge in [-0.15, -0.1) is 0 Å². The maximum Gasteiger partial charge on any atom is 0.103 e. The van der Waals surface area contributed by atoms with Gasteiger partial charge in [-0.25, -0.2) is 4.39 Å². The fraction of sp³-hybridized carbons (Fsp3) is 1.00. The van der Waals surface area contributed by atoms with Gasteiger partial charge >= 0.3 is 0 Å². The molecule has 8 atom stereocenters. The highest BCUT2D eigenvalue weighted by Crippen LogP contribution is 2.59. The van der Waals surface area contributed by atoms with Crippen LogP contribution in [0.15, 0.2) is 0 Å². The first-order valence-electron chi connectivity index (χ1n) is 9.88. The molecule has 1 nitrogen and oxygen atoms in total. The number of nitrogens with one attached hydrogen (secondary N) is 1. The van der Waals surface area contributed by atoms with E-state index in [1.54, 1.807) is 0 Å². The van der Waals surface area contributed by atoms with Gasteiger partial charge in [0.15, 0.2) is 0 Å². The molecule has 3 fully saturated rings. The van der Waals surface area contributed by atoms with Gasteiger partial charge in [0.25, 0.3) is 0 Å². The SMILES string of the molecule is CCC1C(C)C2C(C(C)C(CNC)C3CC3)CCCC(F)C12. The van der Waals surface area contributed by atoms with Crippen LogP contribution in [0.4, 0.5) is 4.39 Å². The molecule has 128 valence electrons. The standard InChI is InChI=1S/C20H36FN/c1-5-15-13(3)19-16(7-6-8-18(21)20(15)19)12(2)17(11-22-4)14-9-10-14/h12-20,22H,5-11H2,1-4H3. The van der Waals surface area contributed by atoms with E-state index < -0.39 is 6.17 Å². The average Bonchev–Trinajstić information content (AvgIpc) is 3.32. The Morgan fingerprint density at radius 2 is 1.86 bits per heavy atom. The zero-order valence-corrected chi connectivity index (χ0v) is 15.0. The molecule has 0 radical (unpaired) electrons. The minimum Gasteiger partial charge on any atom is -0.319 e. The number of fused-ring (bicyclic) bond motifs is 1. The summed E-state index contributed by atoms with van der Waals surface area (Å²) in [5.41, 5.74) is 0. The first kappa shape index (κ1) is 16.7. The summed E-state index contributed by atoms with van der Waals surface area (Å²) >= 11 is 0. The molecule has 0 spiro atoms. The summed E-state index contributed by atoms with van der Waals surface area (Å²) in [5.74, 6) is 5.73. The summed E-state index contributed by atoms with van der Waals surface area (Å²) in [6, 6.07) is 0. The molecular weight excluding hydrogens is 273 g/mol. The Hall–Kier alpha value is -0.110. The van der Waals surface area contributed by atoms with Gasteiger partial charge in [0, 0.05) is 0 Å². The highest BCUT2D eigenvalue weighted by Gasteiger charge is 2.56. The summed E-state index contributed by atoms with van der Waals surface area (Å²) in [4.78, 5) is 0. The van der Waals surface area contributed by atoms with Crippen molar-refractivity contribution in [3.8, 4) is 0 Å². The maximum atomic E-state index is 14.7. The van der Waals surface area contributed by atoms with Crippen LogP contribution in [0.3, 0.4) is 0 Å². The lowest BCUT2D eigenvalue weighted by Gasteiger charge is -2.56. The number of rotatable bonds is 6. The van der Waals surface area contributed by atoms with Crippen molar-refractivity contribution in [3.63, 3.8) is 0 Å². The molecule has 0 saturated heterocycles. The summed E-state index contributed by atoms with van der Waals surface area (Å²) in [7, 11) is 2.09. The fourth-order valence-corrected chi connectivity index (χ4v) is 6.36. The molecule has 1 N–H and O–H groups in total. The van der Waals surface area contributed by atoms with Crippen LogP contribution in [-0.4, -0.2) is 19.8 Å². The Kier molecular flexibility index (Phi) is 5.17. The van der Waals surface area contributed by atoms with Crippen LogP contribution in [0.2, 0.25) is 0 Å². The van der Waals surface area contributed by atoms with Crippen LogP contribution in [0, 0.1) is 47.3 Å². The molecule has 0 amide bonds. The Morgan fingerprint density at radius 3 is 2.45 bits per heavy atom. The number of alkyl halides is 1. The number of halogens is 1. The normalized spacial score (nSPS) is 44.6. The van der Waals surface area contributed by atoms with Crippen molar-refractivity contribution in [1.29, 1.82) is 0 Å². The van der Waals surface area contributed by atoms with E-state index in [0.29, 0.717) is 17.8 Å². The minimum absolute atomic E-state index is 0.379. The van der Waals surface area contributed by atoms with Crippen LogP contribution in [0.25, 0.3) is 0 Å². The lowest BCUT2D eigenvalue weighted by molar-refractivity contribution is -0.101. The average molecular weight is 310 g/mol. The highest BCUT2D eigenvalue weighted by atomic mass is 19.1. The zero-order valence-electron chi connectivity index (χ0n) is 15.0. The van der Waals surface area contributed by atoms with Crippen molar-refractivity contribution in [3.05, 3.63) is 0 Å². The van der Waals surface area contributed by atoms with Gasteiger partial charge < -0.3 is 5.32 Å². The minimum atomic E-state index is -0.521. The van der Waals surface area contributed by atoms with Gasteiger partial charge in [0.2, 0.25) is 0 Å². The molecule has 0 aliphatic heterocycles. The van der Waals surface area contributed by atoms with Gasteiger partial charge in [0.1, 0.15) is 6.17 Å². The van der Waals surface area contributed by atoms with Crippen molar-refractivity contribution < 1.29 is 4.39 Å². The molecule has 8 unspecified atom stereocenters. The third kappa shape index (κ3) is 2.85. The second-order valence-electron chi connectivity index (χ2n) is 8.61. The molecule has 3 saturated carbocycles. The van der Waals surface area contributed by atoms with E-state index in [1.807, 2.05) is 0 Å². The molecule has 3 aliphatic rings. The summed E-state index contributed by atoms with van der Waals surface area (Å²) < 4.78 is 14.7. The number of hydrogen-bond acceptors (Lipinski definition) is 1. The van der Waals surface area contributed by atoms with Crippen LogP contribution in [0.1, 0.15) is 59.3 Å². The van der Waals surface area contributed by atoms with Crippen LogP contribution >= 0.6 is 0 Å². The summed E-state index contributed by atoms with van der Waals surface area (Å²) in [6.07, 6.45) is 6.72. The van der Waals surface area contributed by atoms with E-state index >= 15 is 0 Å². The molecule has 3 rings (SSSR count). The molecule has 0 aromatic rings. The highest BCUT2D eigenvalue weighted by molar-refractivity contribution is 5.04. The lowest BCUT2D eigenvalue weighted by atomic mass is 9.49. The Balaban J connectivity index is 1.76. The molecule has 22 heavy (non-hydrogen) atoms. The van der Waals surface area contributed by atoms with Gasteiger partial charge in [-0.2, -0.15) is 0 Å². The van der Waals surface area contributed by atoms with E-state index in [1.165, 1.54) is 25.7 Å². The number of hydrogen-bond donors (Lipinski definition) is 1. The Morgan fingerprint density at radius 1 is 1.14 bits per heavy atom. The van der Waals surface area contributed by atoms with Gasteiger partial charge in [-0.05, 0) is 86.6 Å². The predicted octanol–water partition coefficient (Wildman–Crippen LogP) is 4.91. The van der Waals surface area contributed by atoms with Crippen molar-refractivity contribution in [2.45, 2.75) is 65.5 Å². The van der Waals surface area contributed by atoms with Gasteiger partial charge in [-0.1, -0.05) is 33.6 Å². The van der Waals surface area contributed by atoms with Crippen LogP contribution < -0.4 is 5.32 Å². The molecule has 0 bridgehead atoms. The van der Waals surface area contributed by atoms with Crippen LogP contribution in [-0.2, 0) is 0 Å². The van der Waals surface area contributed by atoms with Crippen molar-refractivity contribution in [2.75, 3.05) is 13.6 Å². The van der Waals surface area contributed by atoms with Crippen molar-refractivity contribution >= 4 is 0 Å². The van der Waals surface area contributed by atoms with Gasteiger partial charge in [-0.3, -0.25) is 0 Å². The van der Waals surface area contributed by atoms with Crippen LogP contribution in [0.5, 0.6) is 0 Å². The largest absolute Gasteiger partial charge is 0.319 e. The van der Waals surface area contributed by atoms with E-state index in [2.05, 4.69) is 33.1 Å². The van der Waals surface area contributed by atoms with E-state index in [0.717, 1.165) is 49.0 Å². The molecule has 0 aromatic carbocycles. The first-order valence-corrected chi connectivity index (χ1v) is 9.88. The first-order chi connectivity index (χ1) is 10.6. The lowest BCUT2D eigenvalue weighted by Crippen LogP contribution is -2.53. The fourth-order valence-electron chi connectivity index (χ4n) is 6.36. The molecule has 0 aromatic heterocycles. The summed E-state index contributed by atoms with van der Waals surface area (Å²) in [5, 5.41) is 3.43. The quantitative estimate of drug-likeness (QED) is 0.734. The third-order valence-corrected chi connectivity index (χ3v) is 7.64. The van der Waals surface area contributed by atoms with Crippen molar-refractivity contribution in [1.82, 2.24) is 5.32 Å². The molecule has 2 heteroatoms. The zero-order chi connectivity index (χ0) is 15.9. The topological polar surface area (TPSA) is 12.0 Å². The van der Waals surface area contributed by atoms with E-state index in [-0.39, 0.29) is 0 Å². The maximum absolute atomic E-state index is 14.7. The van der Waals surface area contributed by atoms with E-state index in [9.17, 15) is 4.39 Å². The second kappa shape index (κ2) is 6.79. The van der Waals surface area contributed by atoms with Crippen molar-refractivity contribution in [2.24, 2.45) is 47.3 Å². The Bertz CT molecular complexity index is 367. The van der Waals surface area contributed by atoms with E-state index in [4.69, 9.17) is 0 Å². The van der Waals surface area contributed by atoms with Gasteiger partial charge in [0.05, 0.1) is 0 Å². The molecule has 0 heterocycles. The second-order valence-corrected chi connectivity index (χ2v) is 8.61. The molecule has 3 aliphatic carbocycles. The smallest absolute Gasteiger partial charge is 0.103 e. The Labute approximate surface area is 136 Å². The summed E-state index contributed by atoms with van der Waals surface area (Å²) in [6.45, 7) is 8.33. The molecular formula is C20H36FN. The monoisotopic (exact) mass is 309 g/mol. The predicted molar refractivity (Wildman–Crippen MR) is 91.5 cm³/mol. The third-order valence-electron chi connectivity index (χ3n) is 7.64.